The lowest BCUT2D eigenvalue weighted by Gasteiger charge is -2.30. The molecule has 0 heterocycles. The van der Waals surface area contributed by atoms with Crippen LogP contribution in [0.3, 0.4) is 0 Å². The highest BCUT2D eigenvalue weighted by Crippen LogP contribution is 2.35. The molecule has 178 valence electrons. The first kappa shape index (κ1) is 26.2. The molecule has 0 bridgehead atoms. The summed E-state index contributed by atoms with van der Waals surface area (Å²) >= 11 is 0. The van der Waals surface area contributed by atoms with Crippen LogP contribution in [0.4, 0.5) is 0 Å². The van der Waals surface area contributed by atoms with Crippen LogP contribution >= 0.6 is 0 Å². The van der Waals surface area contributed by atoms with Gasteiger partial charge in [-0.25, -0.2) is 0 Å². The molecule has 32 heavy (non-hydrogen) atoms. The van der Waals surface area contributed by atoms with E-state index >= 15 is 0 Å². The standard InChI is InChI=1S/C28H43NO3/c1-4-6-7-8-9-10-11-12-21-31-25-17-13-23(14-18-25)24-15-19-26(20-16-24)32-27(30)28(3,5-2)22-29/h13-14,17-18,24,26H,4-12,15-16,19-21H2,1-3H3. The molecule has 0 N–H and O–H groups in total. The number of carbonyl (C=O) groups is 1. The fourth-order valence-electron chi connectivity index (χ4n) is 4.33. The number of rotatable bonds is 14. The molecular weight excluding hydrogens is 398 g/mol. The third-order valence-corrected chi connectivity index (χ3v) is 6.97. The summed E-state index contributed by atoms with van der Waals surface area (Å²) in [5, 5.41) is 9.27. The van der Waals surface area contributed by atoms with Crippen molar-refractivity contribution in [3.05, 3.63) is 29.8 Å². The SMILES string of the molecule is CCCCCCCCCCOc1ccc(C2CCC(OC(=O)C(C)(C#N)CC)CC2)cc1. The molecule has 1 saturated carbocycles. The quantitative estimate of drug-likeness (QED) is 0.219. The monoisotopic (exact) mass is 441 g/mol. The van der Waals surface area contributed by atoms with Crippen LogP contribution < -0.4 is 4.74 Å². The highest BCUT2D eigenvalue weighted by atomic mass is 16.5. The summed E-state index contributed by atoms with van der Waals surface area (Å²) < 4.78 is 11.6. The van der Waals surface area contributed by atoms with Gasteiger partial charge in [-0.15, -0.1) is 0 Å². The summed E-state index contributed by atoms with van der Waals surface area (Å²) in [6, 6.07) is 10.7. The van der Waals surface area contributed by atoms with Crippen molar-refractivity contribution in [1.29, 1.82) is 5.26 Å². The molecule has 1 aliphatic rings. The Balaban J connectivity index is 1.65. The molecule has 1 aromatic carbocycles. The van der Waals surface area contributed by atoms with Gasteiger partial charge in [0.05, 0.1) is 12.7 Å². The fraction of sp³-hybridized carbons (Fsp3) is 0.714. The average molecular weight is 442 g/mol. The topological polar surface area (TPSA) is 59.3 Å². The number of nitriles is 1. The first-order valence-corrected chi connectivity index (χ1v) is 12.9. The molecule has 0 aromatic heterocycles. The third-order valence-electron chi connectivity index (χ3n) is 6.97. The Labute approximate surface area is 195 Å². The number of hydrogen-bond acceptors (Lipinski definition) is 4. The largest absolute Gasteiger partial charge is 0.494 e. The lowest BCUT2D eigenvalue weighted by molar-refractivity contribution is -0.159. The van der Waals surface area contributed by atoms with E-state index in [0.717, 1.165) is 44.5 Å². The normalized spacial score (nSPS) is 20.2. The van der Waals surface area contributed by atoms with E-state index in [1.165, 1.54) is 50.5 Å². The Morgan fingerprint density at radius 2 is 1.56 bits per heavy atom. The second-order valence-electron chi connectivity index (χ2n) is 9.57. The Kier molecular flexibility index (Phi) is 11.6. The number of hydrogen-bond donors (Lipinski definition) is 0. The van der Waals surface area contributed by atoms with Gasteiger partial charge in [0.25, 0.3) is 0 Å². The van der Waals surface area contributed by atoms with E-state index < -0.39 is 5.41 Å². The fourth-order valence-corrected chi connectivity index (χ4v) is 4.33. The van der Waals surface area contributed by atoms with Gasteiger partial charge in [-0.05, 0) is 69.1 Å². The van der Waals surface area contributed by atoms with Crippen LogP contribution in [0.1, 0.15) is 116 Å². The molecule has 4 nitrogen and oxygen atoms in total. The number of carbonyl (C=O) groups excluding carboxylic acids is 1. The summed E-state index contributed by atoms with van der Waals surface area (Å²) in [6.45, 7) is 6.57. The molecule has 0 radical (unpaired) electrons. The van der Waals surface area contributed by atoms with Crippen molar-refractivity contribution >= 4 is 5.97 Å². The third kappa shape index (κ3) is 8.49. The van der Waals surface area contributed by atoms with Gasteiger partial charge in [-0.2, -0.15) is 5.26 Å². The van der Waals surface area contributed by atoms with Crippen LogP contribution in [-0.4, -0.2) is 18.7 Å². The van der Waals surface area contributed by atoms with Crippen LogP contribution in [-0.2, 0) is 9.53 Å². The van der Waals surface area contributed by atoms with Crippen LogP contribution in [0.25, 0.3) is 0 Å². The van der Waals surface area contributed by atoms with Gasteiger partial charge >= 0.3 is 5.97 Å². The van der Waals surface area contributed by atoms with Gasteiger partial charge in [0.1, 0.15) is 11.9 Å². The van der Waals surface area contributed by atoms with Crippen molar-refractivity contribution in [1.82, 2.24) is 0 Å². The van der Waals surface area contributed by atoms with Crippen LogP contribution in [0.5, 0.6) is 5.75 Å². The first-order valence-electron chi connectivity index (χ1n) is 12.9. The van der Waals surface area contributed by atoms with Crippen molar-refractivity contribution in [2.24, 2.45) is 5.41 Å². The molecule has 1 aromatic rings. The van der Waals surface area contributed by atoms with Gasteiger partial charge in [-0.1, -0.05) is 70.9 Å². The summed E-state index contributed by atoms with van der Waals surface area (Å²) in [7, 11) is 0. The predicted molar refractivity (Wildman–Crippen MR) is 130 cm³/mol. The van der Waals surface area contributed by atoms with E-state index in [2.05, 4.69) is 37.3 Å². The zero-order valence-corrected chi connectivity index (χ0v) is 20.5. The number of benzene rings is 1. The zero-order chi connectivity index (χ0) is 23.2. The summed E-state index contributed by atoms with van der Waals surface area (Å²) in [5.74, 6) is 1.08. The number of ether oxygens (including phenoxy) is 2. The second kappa shape index (κ2) is 14.2. The Morgan fingerprint density at radius 1 is 0.969 bits per heavy atom. The van der Waals surface area contributed by atoms with Crippen molar-refractivity contribution in [2.75, 3.05) is 6.61 Å². The van der Waals surface area contributed by atoms with E-state index in [1.807, 2.05) is 6.92 Å². The van der Waals surface area contributed by atoms with E-state index in [4.69, 9.17) is 9.47 Å². The maximum atomic E-state index is 12.3. The van der Waals surface area contributed by atoms with Crippen molar-refractivity contribution < 1.29 is 14.3 Å². The lowest BCUT2D eigenvalue weighted by atomic mass is 9.82. The minimum absolute atomic E-state index is 0.0628. The van der Waals surface area contributed by atoms with Gasteiger partial charge in [0.15, 0.2) is 5.41 Å². The molecule has 1 unspecified atom stereocenters. The average Bonchev–Trinajstić information content (AvgIpc) is 2.83. The molecule has 0 spiro atoms. The molecule has 0 saturated heterocycles. The van der Waals surface area contributed by atoms with E-state index in [-0.39, 0.29) is 12.1 Å². The van der Waals surface area contributed by atoms with Gasteiger partial charge in [0.2, 0.25) is 0 Å². The maximum absolute atomic E-state index is 12.3. The minimum Gasteiger partial charge on any atom is -0.494 e. The van der Waals surface area contributed by atoms with E-state index in [0.29, 0.717) is 12.3 Å². The summed E-state index contributed by atoms with van der Waals surface area (Å²) in [6.07, 6.45) is 14.6. The van der Waals surface area contributed by atoms with E-state index in [9.17, 15) is 10.1 Å². The highest BCUT2D eigenvalue weighted by molar-refractivity contribution is 5.79. The van der Waals surface area contributed by atoms with E-state index in [1.54, 1.807) is 6.92 Å². The van der Waals surface area contributed by atoms with Gasteiger partial charge in [0, 0.05) is 0 Å². The Morgan fingerprint density at radius 3 is 2.12 bits per heavy atom. The molecule has 1 fully saturated rings. The predicted octanol–water partition coefficient (Wildman–Crippen LogP) is 7.72. The van der Waals surface area contributed by atoms with Crippen molar-refractivity contribution in [3.8, 4) is 11.8 Å². The number of nitrogens with zero attached hydrogens (tertiary/aromatic N) is 1. The van der Waals surface area contributed by atoms with Crippen LogP contribution in [0.2, 0.25) is 0 Å². The molecule has 4 heteroatoms. The minimum atomic E-state index is -1.03. The van der Waals surface area contributed by atoms with Gasteiger partial charge in [-0.3, -0.25) is 4.79 Å². The Hall–Kier alpha value is -2.02. The molecular formula is C28H43NO3. The highest BCUT2D eigenvalue weighted by Gasteiger charge is 2.35. The molecule has 0 aliphatic heterocycles. The van der Waals surface area contributed by atoms with Crippen molar-refractivity contribution in [3.63, 3.8) is 0 Å². The first-order chi connectivity index (χ1) is 15.5. The maximum Gasteiger partial charge on any atom is 0.326 e. The van der Waals surface area contributed by atoms with Gasteiger partial charge < -0.3 is 9.47 Å². The summed E-state index contributed by atoms with van der Waals surface area (Å²) in [5.41, 5.74) is 0.311. The lowest BCUT2D eigenvalue weighted by Crippen LogP contribution is -2.33. The Bertz CT molecular complexity index is 700. The number of esters is 1. The molecule has 1 aliphatic carbocycles. The second-order valence-corrected chi connectivity index (χ2v) is 9.57. The molecule has 2 rings (SSSR count). The van der Waals surface area contributed by atoms with Crippen LogP contribution in [0, 0.1) is 16.7 Å². The number of unbranched alkanes of at least 4 members (excludes halogenated alkanes) is 7. The zero-order valence-electron chi connectivity index (χ0n) is 20.5. The summed E-state index contributed by atoms with van der Waals surface area (Å²) in [4.78, 5) is 12.3. The molecule has 1 atom stereocenters. The molecule has 0 amide bonds. The van der Waals surface area contributed by atoms with Crippen LogP contribution in [0.15, 0.2) is 24.3 Å². The van der Waals surface area contributed by atoms with Crippen molar-refractivity contribution in [2.45, 2.75) is 116 Å². The smallest absolute Gasteiger partial charge is 0.326 e.